The fourth-order valence-corrected chi connectivity index (χ4v) is 5.76. The molecular formula is C20H27N3O5S. The van der Waals surface area contributed by atoms with Crippen LogP contribution in [-0.2, 0) is 19.4 Å². The first-order chi connectivity index (χ1) is 13.8. The van der Waals surface area contributed by atoms with Crippen LogP contribution in [0.15, 0.2) is 30.3 Å². The van der Waals surface area contributed by atoms with Crippen LogP contribution < -0.4 is 15.8 Å². The summed E-state index contributed by atoms with van der Waals surface area (Å²) in [5.41, 5.74) is 5.81. The number of rotatable bonds is 7. The molecule has 8 nitrogen and oxygen atoms in total. The lowest BCUT2D eigenvalue weighted by molar-refractivity contribution is -0.120. The zero-order chi connectivity index (χ0) is 20.9. The van der Waals surface area contributed by atoms with Gasteiger partial charge in [0.25, 0.3) is 5.91 Å². The Balaban J connectivity index is 1.57. The average molecular weight is 422 g/mol. The third-order valence-electron chi connectivity index (χ3n) is 5.20. The molecule has 3 N–H and O–H groups in total. The maximum Gasteiger partial charge on any atom is 0.255 e. The van der Waals surface area contributed by atoms with Crippen molar-refractivity contribution < 1.29 is 22.7 Å². The van der Waals surface area contributed by atoms with Gasteiger partial charge in [-0.05, 0) is 49.7 Å². The average Bonchev–Trinajstić information content (AvgIpc) is 3.00. The number of carbonyl (C=O) groups excluding carboxylic acids is 2. The van der Waals surface area contributed by atoms with Crippen LogP contribution in [0.1, 0.15) is 24.8 Å². The predicted octanol–water partition coefficient (Wildman–Crippen LogP) is 0.332. The van der Waals surface area contributed by atoms with E-state index >= 15 is 0 Å². The van der Waals surface area contributed by atoms with Crippen molar-refractivity contribution in [1.29, 1.82) is 0 Å². The number of hydrogen-bond acceptors (Lipinski definition) is 6. The number of primary amides is 1. The molecular weight excluding hydrogens is 394 g/mol. The van der Waals surface area contributed by atoms with Crippen LogP contribution in [0.2, 0.25) is 0 Å². The molecule has 0 bridgehead atoms. The molecule has 2 aliphatic rings. The first kappa shape index (κ1) is 21.3. The molecule has 0 saturated carbocycles. The highest BCUT2D eigenvalue weighted by Gasteiger charge is 2.41. The highest BCUT2D eigenvalue weighted by Crippen LogP contribution is 2.22. The molecule has 2 aliphatic heterocycles. The van der Waals surface area contributed by atoms with Crippen LogP contribution in [-0.4, -0.2) is 68.4 Å². The predicted molar refractivity (Wildman–Crippen MR) is 110 cm³/mol. The Morgan fingerprint density at radius 1 is 1.14 bits per heavy atom. The van der Waals surface area contributed by atoms with E-state index in [-0.39, 0.29) is 36.1 Å². The second-order valence-corrected chi connectivity index (χ2v) is 9.67. The first-order valence-electron chi connectivity index (χ1n) is 9.77. The maximum absolute atomic E-state index is 12.4. The molecule has 2 unspecified atom stereocenters. The number of nitrogens with zero attached hydrogens (tertiary/aromatic N) is 1. The minimum Gasteiger partial charge on any atom is -0.484 e. The highest BCUT2D eigenvalue weighted by atomic mass is 32.2. The fourth-order valence-electron chi connectivity index (χ4n) is 3.81. The Morgan fingerprint density at radius 3 is 2.48 bits per heavy atom. The van der Waals surface area contributed by atoms with E-state index in [1.165, 1.54) is 12.5 Å². The number of likely N-dealkylation sites (tertiary alicyclic amines) is 1. The van der Waals surface area contributed by atoms with E-state index in [1.807, 2.05) is 0 Å². The van der Waals surface area contributed by atoms with Crippen LogP contribution in [0.5, 0.6) is 5.75 Å². The molecule has 0 spiro atoms. The van der Waals surface area contributed by atoms with Crippen molar-refractivity contribution in [3.05, 3.63) is 35.9 Å². The topological polar surface area (TPSA) is 119 Å². The molecule has 2 fully saturated rings. The standard InChI is InChI=1S/C20H27N3O5S/c21-19(24)12-28-16-7-4-15(5-8-16)6-9-20(25)22-17-13-29(26,27)14-18(17)23-10-2-1-3-11-23/h4-9,17-18H,1-3,10-14H2,(H2,21,24)(H,22,25)/b9-6+. The van der Waals surface area contributed by atoms with Crippen molar-refractivity contribution >= 4 is 27.7 Å². The SMILES string of the molecule is NC(=O)COc1ccc(/C=C/C(=O)NC2CS(=O)(=O)CC2N2CCCCC2)cc1. The number of ether oxygens (including phenoxy) is 1. The van der Waals surface area contributed by atoms with Crippen LogP contribution in [0.3, 0.4) is 0 Å². The minimum absolute atomic E-state index is 0.0142. The van der Waals surface area contributed by atoms with Gasteiger partial charge in [-0.3, -0.25) is 14.5 Å². The number of sulfone groups is 1. The van der Waals surface area contributed by atoms with Crippen molar-refractivity contribution in [2.24, 2.45) is 5.73 Å². The van der Waals surface area contributed by atoms with Crippen molar-refractivity contribution in [1.82, 2.24) is 10.2 Å². The monoisotopic (exact) mass is 421 g/mol. The van der Waals surface area contributed by atoms with E-state index in [9.17, 15) is 18.0 Å². The Kier molecular flexibility index (Phi) is 6.92. The molecule has 1 aromatic carbocycles. The summed E-state index contributed by atoms with van der Waals surface area (Å²) in [5, 5.41) is 2.87. The van der Waals surface area contributed by atoms with E-state index in [0.29, 0.717) is 5.75 Å². The van der Waals surface area contributed by atoms with Crippen LogP contribution in [0.25, 0.3) is 6.08 Å². The number of nitrogens with one attached hydrogen (secondary N) is 1. The number of carbonyl (C=O) groups is 2. The molecule has 0 radical (unpaired) electrons. The van der Waals surface area contributed by atoms with Crippen LogP contribution in [0, 0.1) is 0 Å². The maximum atomic E-state index is 12.4. The number of benzene rings is 1. The lowest BCUT2D eigenvalue weighted by Gasteiger charge is -2.34. The zero-order valence-corrected chi connectivity index (χ0v) is 17.1. The number of amides is 2. The van der Waals surface area contributed by atoms with E-state index in [0.717, 1.165) is 31.5 Å². The van der Waals surface area contributed by atoms with Gasteiger partial charge in [-0.15, -0.1) is 0 Å². The molecule has 9 heteroatoms. The van der Waals surface area contributed by atoms with Gasteiger partial charge in [0.15, 0.2) is 16.4 Å². The van der Waals surface area contributed by atoms with Gasteiger partial charge in [0.2, 0.25) is 5.91 Å². The smallest absolute Gasteiger partial charge is 0.255 e. The second-order valence-electron chi connectivity index (χ2n) is 7.51. The largest absolute Gasteiger partial charge is 0.484 e. The normalized spacial score (nSPS) is 24.4. The summed E-state index contributed by atoms with van der Waals surface area (Å²) >= 11 is 0. The van der Waals surface area contributed by atoms with Gasteiger partial charge in [-0.25, -0.2) is 8.42 Å². The molecule has 2 saturated heterocycles. The summed E-state index contributed by atoms with van der Waals surface area (Å²) in [7, 11) is -3.15. The van der Waals surface area contributed by atoms with Crippen molar-refractivity contribution in [3.63, 3.8) is 0 Å². The van der Waals surface area contributed by atoms with Crippen molar-refractivity contribution in [2.75, 3.05) is 31.2 Å². The third-order valence-corrected chi connectivity index (χ3v) is 6.91. The van der Waals surface area contributed by atoms with E-state index in [2.05, 4.69) is 10.2 Å². The Morgan fingerprint density at radius 2 is 1.83 bits per heavy atom. The van der Waals surface area contributed by atoms with Crippen molar-refractivity contribution in [3.8, 4) is 5.75 Å². The Hall–Kier alpha value is -2.39. The number of piperidine rings is 1. The molecule has 0 aliphatic carbocycles. The zero-order valence-electron chi connectivity index (χ0n) is 16.2. The lowest BCUT2D eigenvalue weighted by Crippen LogP contribution is -2.52. The summed E-state index contributed by atoms with van der Waals surface area (Å²) < 4.78 is 29.5. The van der Waals surface area contributed by atoms with Gasteiger partial charge in [0.05, 0.1) is 17.5 Å². The van der Waals surface area contributed by atoms with Gasteiger partial charge in [0.1, 0.15) is 5.75 Å². The lowest BCUT2D eigenvalue weighted by atomic mass is 10.0. The van der Waals surface area contributed by atoms with Gasteiger partial charge >= 0.3 is 0 Å². The number of hydrogen-bond donors (Lipinski definition) is 2. The molecule has 29 heavy (non-hydrogen) atoms. The Bertz CT molecular complexity index is 861. The first-order valence-corrected chi connectivity index (χ1v) is 11.6. The Labute approximate surface area is 171 Å². The van der Waals surface area contributed by atoms with E-state index < -0.39 is 15.7 Å². The molecule has 2 heterocycles. The third kappa shape index (κ3) is 6.30. The summed E-state index contributed by atoms with van der Waals surface area (Å²) in [6.07, 6.45) is 6.35. The van der Waals surface area contributed by atoms with Crippen LogP contribution in [0.4, 0.5) is 0 Å². The molecule has 158 valence electrons. The van der Waals surface area contributed by atoms with Gasteiger partial charge in [-0.2, -0.15) is 0 Å². The summed E-state index contributed by atoms with van der Waals surface area (Å²) in [4.78, 5) is 25.3. The summed E-state index contributed by atoms with van der Waals surface area (Å²) in [6, 6.07) is 6.31. The second kappa shape index (κ2) is 9.41. The highest BCUT2D eigenvalue weighted by molar-refractivity contribution is 7.91. The molecule has 2 atom stereocenters. The quantitative estimate of drug-likeness (QED) is 0.613. The van der Waals surface area contributed by atoms with Gasteiger partial charge in [0, 0.05) is 12.1 Å². The molecule has 1 aromatic rings. The number of nitrogens with two attached hydrogens (primary N) is 1. The summed E-state index contributed by atoms with van der Waals surface area (Å²) in [6.45, 7) is 1.57. The summed E-state index contributed by atoms with van der Waals surface area (Å²) in [5.74, 6) is -0.273. The van der Waals surface area contributed by atoms with Crippen LogP contribution >= 0.6 is 0 Å². The minimum atomic E-state index is -3.15. The van der Waals surface area contributed by atoms with Gasteiger partial charge < -0.3 is 15.8 Å². The molecule has 0 aromatic heterocycles. The molecule has 3 rings (SSSR count). The van der Waals surface area contributed by atoms with E-state index in [4.69, 9.17) is 10.5 Å². The van der Waals surface area contributed by atoms with Crippen molar-refractivity contribution in [2.45, 2.75) is 31.3 Å². The van der Waals surface area contributed by atoms with E-state index in [1.54, 1.807) is 30.3 Å². The van der Waals surface area contributed by atoms with Gasteiger partial charge in [-0.1, -0.05) is 18.6 Å². The fraction of sp³-hybridized carbons (Fsp3) is 0.500. The molecule has 2 amide bonds.